The molecule has 2 aliphatic carbocycles. The van der Waals surface area contributed by atoms with Crippen LogP contribution in [0.15, 0.2) is 47.6 Å². The predicted molar refractivity (Wildman–Crippen MR) is 93.8 cm³/mol. The van der Waals surface area contributed by atoms with Gasteiger partial charge in [0.05, 0.1) is 24.7 Å². The maximum absolute atomic E-state index is 12.4. The van der Waals surface area contributed by atoms with E-state index in [-0.39, 0.29) is 17.8 Å². The van der Waals surface area contributed by atoms with Crippen molar-refractivity contribution in [3.8, 4) is 0 Å². The van der Waals surface area contributed by atoms with E-state index in [4.69, 9.17) is 14.6 Å². The summed E-state index contributed by atoms with van der Waals surface area (Å²) in [6, 6.07) is 0. The van der Waals surface area contributed by atoms with Gasteiger partial charge in [0.15, 0.2) is 0 Å². The van der Waals surface area contributed by atoms with E-state index in [9.17, 15) is 14.7 Å². The van der Waals surface area contributed by atoms with E-state index >= 15 is 0 Å². The number of hydrogen-bond donors (Lipinski definition) is 2. The third-order valence-corrected chi connectivity index (χ3v) is 5.48. The van der Waals surface area contributed by atoms with Crippen LogP contribution in [0.5, 0.6) is 0 Å². The molecule has 0 aromatic heterocycles. The van der Waals surface area contributed by atoms with E-state index in [1.165, 1.54) is 6.08 Å². The average Bonchev–Trinajstić information content (AvgIpc) is 3.34. The van der Waals surface area contributed by atoms with Gasteiger partial charge in [-0.2, -0.15) is 0 Å². The minimum Gasteiger partial charge on any atom is -0.458 e. The molecule has 0 unspecified atom stereocenters. The largest absolute Gasteiger partial charge is 0.458 e. The normalized spacial score (nSPS) is 36.0. The summed E-state index contributed by atoms with van der Waals surface area (Å²) in [5.41, 5.74) is 2.38. The molecule has 2 N–H and O–H groups in total. The highest BCUT2D eigenvalue weighted by molar-refractivity contribution is 5.92. The van der Waals surface area contributed by atoms with Crippen LogP contribution < -0.4 is 0 Å². The number of ether oxygens (including phenoxy) is 2. The van der Waals surface area contributed by atoms with Gasteiger partial charge in [0.25, 0.3) is 0 Å². The highest BCUT2D eigenvalue weighted by atomic mass is 16.6. The molecule has 1 aliphatic heterocycles. The summed E-state index contributed by atoms with van der Waals surface area (Å²) >= 11 is 0. The van der Waals surface area contributed by atoms with Crippen molar-refractivity contribution < 1.29 is 29.3 Å². The lowest BCUT2D eigenvalue weighted by atomic mass is 9.87. The first-order valence-corrected chi connectivity index (χ1v) is 8.74. The van der Waals surface area contributed by atoms with Gasteiger partial charge in [-0.05, 0) is 37.3 Å². The van der Waals surface area contributed by atoms with Gasteiger partial charge in [0, 0.05) is 12.0 Å². The molecular formula is C20H24O6. The number of carbonyl (C=O) groups excluding carboxylic acids is 2. The smallest absolute Gasteiger partial charge is 0.336 e. The van der Waals surface area contributed by atoms with E-state index in [1.54, 1.807) is 0 Å². The zero-order valence-electron chi connectivity index (χ0n) is 14.8. The first-order chi connectivity index (χ1) is 12.4. The number of allylic oxidation sites excluding steroid dienone is 1. The SMILES string of the molecule is C=C1C(=O)O[C@H]2/C=C(/C)[C@H]3C[C@H]3C(=C)C[C@@H](OC(=O)/C(=C/CO)CO)[C@H]12. The van der Waals surface area contributed by atoms with Crippen molar-refractivity contribution in [2.45, 2.75) is 32.0 Å². The second kappa shape index (κ2) is 7.21. The summed E-state index contributed by atoms with van der Waals surface area (Å²) in [6.45, 7) is 9.08. The molecule has 0 aromatic carbocycles. The Morgan fingerprint density at radius 2 is 2.12 bits per heavy atom. The van der Waals surface area contributed by atoms with Crippen LogP contribution in [0.2, 0.25) is 0 Å². The topological polar surface area (TPSA) is 93.1 Å². The van der Waals surface area contributed by atoms with E-state index in [2.05, 4.69) is 13.2 Å². The Kier molecular flexibility index (Phi) is 5.16. The van der Waals surface area contributed by atoms with Gasteiger partial charge in [0.1, 0.15) is 12.2 Å². The highest BCUT2D eigenvalue weighted by Crippen LogP contribution is 2.52. The summed E-state index contributed by atoms with van der Waals surface area (Å²) in [4.78, 5) is 24.5. The Hall–Kier alpha value is -2.18. The van der Waals surface area contributed by atoms with E-state index in [0.29, 0.717) is 18.3 Å². The van der Waals surface area contributed by atoms with Crippen LogP contribution in [-0.2, 0) is 19.1 Å². The van der Waals surface area contributed by atoms with Gasteiger partial charge >= 0.3 is 11.9 Å². The maximum Gasteiger partial charge on any atom is 0.336 e. The van der Waals surface area contributed by atoms with Crippen molar-refractivity contribution in [2.24, 2.45) is 17.8 Å². The molecule has 0 bridgehead atoms. The van der Waals surface area contributed by atoms with Gasteiger partial charge in [0.2, 0.25) is 0 Å². The van der Waals surface area contributed by atoms with Crippen LogP contribution >= 0.6 is 0 Å². The third kappa shape index (κ3) is 3.39. The third-order valence-electron chi connectivity index (χ3n) is 5.48. The van der Waals surface area contributed by atoms with E-state index in [0.717, 1.165) is 17.6 Å². The molecule has 1 saturated heterocycles. The van der Waals surface area contributed by atoms with Gasteiger partial charge in [-0.25, -0.2) is 9.59 Å². The van der Waals surface area contributed by atoms with E-state index < -0.39 is 36.7 Å². The molecule has 1 saturated carbocycles. The zero-order valence-corrected chi connectivity index (χ0v) is 14.8. The molecule has 0 spiro atoms. The van der Waals surface area contributed by atoms with Crippen molar-refractivity contribution in [3.05, 3.63) is 47.6 Å². The number of rotatable bonds is 4. The van der Waals surface area contributed by atoms with Gasteiger partial charge in [-0.15, -0.1) is 0 Å². The molecule has 6 nitrogen and oxygen atoms in total. The van der Waals surface area contributed by atoms with Crippen LogP contribution in [-0.4, -0.2) is 47.6 Å². The summed E-state index contributed by atoms with van der Waals surface area (Å²) in [5, 5.41) is 18.3. The number of esters is 2. The van der Waals surface area contributed by atoms with Crippen molar-refractivity contribution in [3.63, 3.8) is 0 Å². The fraction of sp³-hybridized carbons (Fsp3) is 0.500. The van der Waals surface area contributed by atoms with E-state index in [1.807, 2.05) is 13.0 Å². The Morgan fingerprint density at radius 1 is 1.38 bits per heavy atom. The first kappa shape index (κ1) is 18.6. The molecule has 1 heterocycles. The number of aliphatic hydroxyl groups excluding tert-OH is 2. The van der Waals surface area contributed by atoms with Crippen molar-refractivity contribution in [2.75, 3.05) is 13.2 Å². The van der Waals surface area contributed by atoms with Gasteiger partial charge in [-0.3, -0.25) is 0 Å². The Bertz CT molecular complexity index is 716. The van der Waals surface area contributed by atoms with Gasteiger partial charge < -0.3 is 19.7 Å². The summed E-state index contributed by atoms with van der Waals surface area (Å²) in [7, 11) is 0. The lowest BCUT2D eigenvalue weighted by Crippen LogP contribution is -2.34. The van der Waals surface area contributed by atoms with Crippen LogP contribution in [0, 0.1) is 17.8 Å². The minimum atomic E-state index is -0.724. The first-order valence-electron chi connectivity index (χ1n) is 8.74. The fourth-order valence-electron chi connectivity index (χ4n) is 3.90. The Labute approximate surface area is 152 Å². The van der Waals surface area contributed by atoms with Gasteiger partial charge in [-0.1, -0.05) is 24.3 Å². The maximum atomic E-state index is 12.4. The van der Waals surface area contributed by atoms with Crippen LogP contribution in [0.1, 0.15) is 19.8 Å². The highest BCUT2D eigenvalue weighted by Gasteiger charge is 2.49. The molecule has 6 heteroatoms. The Morgan fingerprint density at radius 3 is 2.77 bits per heavy atom. The number of carbonyl (C=O) groups is 2. The Balaban J connectivity index is 1.91. The van der Waals surface area contributed by atoms with Crippen LogP contribution in [0.25, 0.3) is 0 Å². The average molecular weight is 360 g/mol. The monoisotopic (exact) mass is 360 g/mol. The number of aliphatic hydroxyl groups is 2. The molecule has 3 aliphatic rings. The van der Waals surface area contributed by atoms with Crippen molar-refractivity contribution in [1.82, 2.24) is 0 Å². The molecule has 26 heavy (non-hydrogen) atoms. The summed E-state index contributed by atoms with van der Waals surface area (Å²) in [5.74, 6) is -0.966. The summed E-state index contributed by atoms with van der Waals surface area (Å²) < 4.78 is 11.1. The lowest BCUT2D eigenvalue weighted by Gasteiger charge is -2.26. The molecular weight excluding hydrogens is 336 g/mol. The van der Waals surface area contributed by atoms with Crippen molar-refractivity contribution >= 4 is 11.9 Å². The summed E-state index contributed by atoms with van der Waals surface area (Å²) in [6.07, 6.45) is 3.34. The fourth-order valence-corrected chi connectivity index (χ4v) is 3.90. The molecule has 140 valence electrons. The minimum absolute atomic E-state index is 0.0265. The van der Waals surface area contributed by atoms with Crippen molar-refractivity contribution in [1.29, 1.82) is 0 Å². The molecule has 3 rings (SSSR count). The standard InChI is InChI=1S/C20H24O6/c1-10-6-16-18(12(3)19(23)25-16)17(7-11(2)15-8-14(10)15)26-20(24)13(9-22)4-5-21/h4,6,14-18,21-22H,2-3,5,7-9H2,1H3/b10-6-,13-4+/t14-,15+,16+,17-,18-/m1/s1. The lowest BCUT2D eigenvalue weighted by molar-refractivity contribution is -0.147. The quantitative estimate of drug-likeness (QED) is 0.448. The number of fused-ring (bicyclic) bond motifs is 2. The predicted octanol–water partition coefficient (Wildman–Crippen LogP) is 1.45. The molecule has 0 radical (unpaired) electrons. The molecule has 5 atom stereocenters. The molecule has 0 aromatic rings. The van der Waals surface area contributed by atoms with Crippen LogP contribution in [0.3, 0.4) is 0 Å². The number of hydrogen-bond acceptors (Lipinski definition) is 6. The second-order valence-corrected chi connectivity index (χ2v) is 7.16. The van der Waals surface area contributed by atoms with Crippen LogP contribution in [0.4, 0.5) is 0 Å². The zero-order chi connectivity index (χ0) is 19.0. The molecule has 0 amide bonds. The second-order valence-electron chi connectivity index (χ2n) is 7.16. The molecule has 2 fully saturated rings.